The van der Waals surface area contributed by atoms with Gasteiger partial charge < -0.3 is 18.9 Å². The van der Waals surface area contributed by atoms with Crippen molar-refractivity contribution < 1.29 is 41.7 Å². The molecule has 280 valence electrons. The number of hydrogen-bond donors (Lipinski definition) is 0. The van der Waals surface area contributed by atoms with Crippen molar-refractivity contribution in [1.29, 1.82) is 0 Å². The SMILES string of the molecule is C=CC(=O)OCCCCOc1ccc(N=Nc2ccc(N=Nc3ccc(N=Nc4ccc(OCCCCOC(=O)C=C)c(C(F)(F)F)c4)cc3)cc2)cc1. The molecule has 0 amide bonds. The molecular weight excluding hydrogens is 705 g/mol. The highest BCUT2D eigenvalue weighted by Crippen LogP contribution is 2.39. The quantitative estimate of drug-likeness (QED) is 0.0381. The molecule has 0 unspecified atom stereocenters. The predicted molar refractivity (Wildman–Crippen MR) is 195 cm³/mol. The fraction of sp³-hybridized carbons (Fsp3) is 0.231. The molecule has 0 spiro atoms. The molecule has 4 aromatic rings. The maximum absolute atomic E-state index is 13.7. The van der Waals surface area contributed by atoms with Gasteiger partial charge in [0.2, 0.25) is 0 Å². The number of alkyl halides is 3. The van der Waals surface area contributed by atoms with Crippen molar-refractivity contribution in [2.75, 3.05) is 26.4 Å². The standard InChI is InChI=1S/C39H37F3N6O6/c1-3-37(49)53-25-7-5-23-51-34-20-17-32(18-21-34)46-45-30-11-9-28(10-12-30)43-44-29-13-15-31(16-14-29)47-48-33-19-22-36(35(27-33)39(40,41)42)52-24-6-8-26-54-38(50)4-2/h3-4,9-22,27H,1-2,5-8,23-26H2. The van der Waals surface area contributed by atoms with Crippen LogP contribution in [0.4, 0.5) is 47.3 Å². The molecule has 0 aliphatic rings. The Labute approximate surface area is 309 Å². The minimum Gasteiger partial charge on any atom is -0.494 e. The summed E-state index contributed by atoms with van der Waals surface area (Å²) in [5.74, 6) is -0.639. The molecule has 0 aliphatic carbocycles. The first-order chi connectivity index (χ1) is 26.1. The molecule has 0 atom stereocenters. The lowest BCUT2D eigenvalue weighted by molar-refractivity contribution is -0.139. The second-order valence-electron chi connectivity index (χ2n) is 11.2. The van der Waals surface area contributed by atoms with E-state index in [4.69, 9.17) is 18.9 Å². The number of ether oxygens (including phenoxy) is 4. The first-order valence-electron chi connectivity index (χ1n) is 16.7. The van der Waals surface area contributed by atoms with Crippen molar-refractivity contribution in [3.05, 3.63) is 122 Å². The molecule has 0 saturated heterocycles. The van der Waals surface area contributed by atoms with E-state index in [0.29, 0.717) is 66.7 Å². The summed E-state index contributed by atoms with van der Waals surface area (Å²) in [6, 6.07) is 24.1. The second kappa shape index (κ2) is 21.1. The van der Waals surface area contributed by atoms with Crippen molar-refractivity contribution in [2.24, 2.45) is 30.7 Å². The number of unbranched alkanes of at least 4 members (excludes halogenated alkanes) is 2. The summed E-state index contributed by atoms with van der Waals surface area (Å²) in [6.07, 6.45) is -0.274. The van der Waals surface area contributed by atoms with Crippen LogP contribution < -0.4 is 9.47 Å². The molecule has 12 nitrogen and oxygen atoms in total. The van der Waals surface area contributed by atoms with Gasteiger partial charge in [0.25, 0.3) is 0 Å². The third-order valence-electron chi connectivity index (χ3n) is 7.07. The Morgan fingerprint density at radius 2 is 0.870 bits per heavy atom. The van der Waals surface area contributed by atoms with Crippen LogP contribution in [0.15, 0.2) is 147 Å². The number of carbonyl (C=O) groups excluding carboxylic acids is 2. The van der Waals surface area contributed by atoms with Crippen LogP contribution in [0.2, 0.25) is 0 Å². The highest BCUT2D eigenvalue weighted by molar-refractivity contribution is 5.81. The fourth-order valence-corrected chi connectivity index (χ4v) is 4.30. The second-order valence-corrected chi connectivity index (χ2v) is 11.2. The summed E-state index contributed by atoms with van der Waals surface area (Å²) in [6.45, 7) is 7.57. The maximum Gasteiger partial charge on any atom is 0.420 e. The molecule has 0 saturated carbocycles. The Morgan fingerprint density at radius 3 is 1.28 bits per heavy atom. The van der Waals surface area contributed by atoms with Crippen LogP contribution in [0.5, 0.6) is 11.5 Å². The van der Waals surface area contributed by atoms with E-state index in [-0.39, 0.29) is 24.7 Å². The lowest BCUT2D eigenvalue weighted by atomic mass is 10.1. The average molecular weight is 743 g/mol. The van der Waals surface area contributed by atoms with Gasteiger partial charge in [0.1, 0.15) is 11.5 Å². The number of halogens is 3. The van der Waals surface area contributed by atoms with Gasteiger partial charge in [0, 0.05) is 12.2 Å². The topological polar surface area (TPSA) is 145 Å². The molecule has 0 bridgehead atoms. The maximum atomic E-state index is 13.7. The molecule has 0 aliphatic heterocycles. The van der Waals surface area contributed by atoms with E-state index in [1.807, 2.05) is 0 Å². The fourth-order valence-electron chi connectivity index (χ4n) is 4.30. The summed E-state index contributed by atoms with van der Waals surface area (Å²) < 4.78 is 62.0. The molecule has 4 rings (SSSR count). The van der Waals surface area contributed by atoms with E-state index < -0.39 is 23.7 Å². The third-order valence-corrected chi connectivity index (χ3v) is 7.07. The smallest absolute Gasteiger partial charge is 0.420 e. The molecule has 0 radical (unpaired) electrons. The van der Waals surface area contributed by atoms with E-state index >= 15 is 0 Å². The first kappa shape index (κ1) is 40.3. The summed E-state index contributed by atoms with van der Waals surface area (Å²) in [4.78, 5) is 22.1. The summed E-state index contributed by atoms with van der Waals surface area (Å²) in [5, 5.41) is 24.9. The highest BCUT2D eigenvalue weighted by Gasteiger charge is 2.34. The zero-order valence-corrected chi connectivity index (χ0v) is 29.2. The minimum absolute atomic E-state index is 0.00407. The van der Waals surface area contributed by atoms with Crippen LogP contribution in [0, 0.1) is 0 Å². The van der Waals surface area contributed by atoms with Gasteiger partial charge in [-0.3, -0.25) is 0 Å². The van der Waals surface area contributed by atoms with Gasteiger partial charge in [-0.25, -0.2) is 9.59 Å². The largest absolute Gasteiger partial charge is 0.494 e. The zero-order chi connectivity index (χ0) is 38.6. The monoisotopic (exact) mass is 742 g/mol. The third kappa shape index (κ3) is 14.3. The molecule has 0 heterocycles. The number of azo groups is 3. The van der Waals surface area contributed by atoms with Crippen LogP contribution in [0.25, 0.3) is 0 Å². The summed E-state index contributed by atoms with van der Waals surface area (Å²) in [5.41, 5.74) is 1.80. The van der Waals surface area contributed by atoms with Gasteiger partial charge >= 0.3 is 18.1 Å². The van der Waals surface area contributed by atoms with Crippen molar-refractivity contribution >= 4 is 46.1 Å². The van der Waals surface area contributed by atoms with Gasteiger partial charge in [0.05, 0.1) is 66.1 Å². The molecule has 0 fully saturated rings. The molecule has 0 N–H and O–H groups in total. The Bertz CT molecular complexity index is 1930. The van der Waals surface area contributed by atoms with Crippen molar-refractivity contribution in [3.8, 4) is 11.5 Å². The molecule has 0 aromatic heterocycles. The average Bonchev–Trinajstić information content (AvgIpc) is 3.18. The number of hydrogen-bond acceptors (Lipinski definition) is 12. The van der Waals surface area contributed by atoms with Crippen LogP contribution in [-0.2, 0) is 25.2 Å². The summed E-state index contributed by atoms with van der Waals surface area (Å²) in [7, 11) is 0. The van der Waals surface area contributed by atoms with Gasteiger partial charge in [-0.1, -0.05) is 13.2 Å². The van der Waals surface area contributed by atoms with E-state index in [1.165, 1.54) is 12.1 Å². The molecule has 54 heavy (non-hydrogen) atoms. The van der Waals surface area contributed by atoms with Crippen LogP contribution >= 0.6 is 0 Å². The zero-order valence-electron chi connectivity index (χ0n) is 29.2. The van der Waals surface area contributed by atoms with Crippen molar-refractivity contribution in [2.45, 2.75) is 31.9 Å². The minimum atomic E-state index is -4.67. The van der Waals surface area contributed by atoms with Crippen LogP contribution in [0.1, 0.15) is 31.2 Å². The Balaban J connectivity index is 1.23. The number of rotatable bonds is 20. The molecular formula is C39H37F3N6O6. The Morgan fingerprint density at radius 1 is 0.519 bits per heavy atom. The van der Waals surface area contributed by atoms with E-state index in [2.05, 4.69) is 43.8 Å². The van der Waals surface area contributed by atoms with Gasteiger partial charge in [-0.15, -0.1) is 0 Å². The van der Waals surface area contributed by atoms with Crippen LogP contribution in [0.3, 0.4) is 0 Å². The van der Waals surface area contributed by atoms with E-state index in [0.717, 1.165) is 24.6 Å². The molecule has 15 heteroatoms. The highest BCUT2D eigenvalue weighted by atomic mass is 19.4. The number of benzene rings is 4. The number of esters is 2. The predicted octanol–water partition coefficient (Wildman–Crippen LogP) is 11.7. The van der Waals surface area contributed by atoms with Crippen LogP contribution in [-0.4, -0.2) is 38.4 Å². The van der Waals surface area contributed by atoms with E-state index in [9.17, 15) is 22.8 Å². The molecule has 4 aromatic carbocycles. The number of nitrogens with zero attached hydrogens (tertiary/aromatic N) is 6. The van der Waals surface area contributed by atoms with E-state index in [1.54, 1.807) is 72.8 Å². The Hall–Kier alpha value is -6.51. The van der Waals surface area contributed by atoms with Crippen molar-refractivity contribution in [1.82, 2.24) is 0 Å². The first-order valence-corrected chi connectivity index (χ1v) is 16.7. The normalized spacial score (nSPS) is 11.5. The lowest BCUT2D eigenvalue weighted by Gasteiger charge is -2.14. The lowest BCUT2D eigenvalue weighted by Crippen LogP contribution is -2.10. The van der Waals surface area contributed by atoms with Gasteiger partial charge in [0.15, 0.2) is 0 Å². The van der Waals surface area contributed by atoms with Gasteiger partial charge in [-0.05, 0) is 117 Å². The number of carbonyl (C=O) groups is 2. The van der Waals surface area contributed by atoms with Crippen molar-refractivity contribution in [3.63, 3.8) is 0 Å². The van der Waals surface area contributed by atoms with Gasteiger partial charge in [-0.2, -0.15) is 43.9 Å². The summed E-state index contributed by atoms with van der Waals surface area (Å²) >= 11 is 0. The Kier molecular flexibility index (Phi) is 15.7.